The summed E-state index contributed by atoms with van der Waals surface area (Å²) in [7, 11) is 3.96. The average Bonchev–Trinajstić information content (AvgIpc) is 2.80. The highest BCUT2D eigenvalue weighted by atomic mass is 32.2. The predicted octanol–water partition coefficient (Wildman–Crippen LogP) is 1.45. The third-order valence-electron chi connectivity index (χ3n) is 3.71. The van der Waals surface area contributed by atoms with Crippen molar-refractivity contribution in [3.8, 4) is 0 Å². The monoisotopic (exact) mass is 325 g/mol. The van der Waals surface area contributed by atoms with E-state index in [-0.39, 0.29) is 0 Å². The molecule has 2 rings (SSSR count). The van der Waals surface area contributed by atoms with Crippen LogP contribution in [0.2, 0.25) is 0 Å². The van der Waals surface area contributed by atoms with Gasteiger partial charge >= 0.3 is 0 Å². The maximum Gasteiger partial charge on any atom is 0.191 e. The molecular formula is C15H27N5OS. The Hall–Kier alpha value is -1.05. The number of thioether (sulfide) groups is 1. The summed E-state index contributed by atoms with van der Waals surface area (Å²) in [5, 5.41) is 11.4. The molecule has 1 aromatic heterocycles. The van der Waals surface area contributed by atoms with Crippen molar-refractivity contribution in [2.45, 2.75) is 36.9 Å². The molecule has 0 aromatic carbocycles. The Kier molecular flexibility index (Phi) is 5.88. The summed E-state index contributed by atoms with van der Waals surface area (Å²) in [6.07, 6.45) is 3.05. The fraction of sp³-hybridized carbons (Fsp3) is 0.733. The van der Waals surface area contributed by atoms with Crippen molar-refractivity contribution in [2.75, 3.05) is 50.1 Å². The normalized spacial score (nSPS) is 21.8. The molecule has 0 bridgehead atoms. The highest BCUT2D eigenvalue weighted by molar-refractivity contribution is 7.99. The standard InChI is InChI=1S/C15H27N5OS/c1-4-5-8-22-14-17-12(16)9-13(18-14)20-7-6-15(21,11-20)10-19(2)3/h9,21H,4-8,10-11H2,1-3H3,(H2,16,17,18)/t15-/m0/s1. The number of β-amino-alcohol motifs (C(OH)–C–C–N with tert-alkyl or cyclic N) is 1. The second-order valence-corrected chi connectivity index (χ2v) is 7.33. The van der Waals surface area contributed by atoms with Crippen LogP contribution in [0.25, 0.3) is 0 Å². The van der Waals surface area contributed by atoms with Gasteiger partial charge in [-0.2, -0.15) is 0 Å². The molecule has 1 aromatic rings. The van der Waals surface area contributed by atoms with E-state index < -0.39 is 5.60 Å². The second-order valence-electron chi connectivity index (χ2n) is 6.27. The first-order valence-electron chi connectivity index (χ1n) is 7.81. The first kappa shape index (κ1) is 17.3. The second kappa shape index (κ2) is 7.48. The van der Waals surface area contributed by atoms with Crippen LogP contribution in [0.3, 0.4) is 0 Å². The number of unbranched alkanes of at least 4 members (excludes halogenated alkanes) is 1. The first-order valence-corrected chi connectivity index (χ1v) is 8.80. The molecule has 1 aliphatic heterocycles. The maximum atomic E-state index is 10.6. The predicted molar refractivity (Wildman–Crippen MR) is 92.4 cm³/mol. The summed E-state index contributed by atoms with van der Waals surface area (Å²) < 4.78 is 0. The van der Waals surface area contributed by atoms with Crippen molar-refractivity contribution >= 4 is 23.4 Å². The largest absolute Gasteiger partial charge is 0.387 e. The van der Waals surface area contributed by atoms with Crippen LogP contribution in [0.4, 0.5) is 11.6 Å². The van der Waals surface area contributed by atoms with Crippen LogP contribution in [0.1, 0.15) is 26.2 Å². The van der Waals surface area contributed by atoms with Gasteiger partial charge < -0.3 is 20.6 Å². The van der Waals surface area contributed by atoms with Gasteiger partial charge in [-0.05, 0) is 26.9 Å². The highest BCUT2D eigenvalue weighted by Crippen LogP contribution is 2.28. The SMILES string of the molecule is CCCCSc1nc(N)cc(N2CC[C@](O)(CN(C)C)C2)n1. The smallest absolute Gasteiger partial charge is 0.191 e. The number of rotatable bonds is 7. The zero-order valence-corrected chi connectivity index (χ0v) is 14.6. The Morgan fingerprint density at radius 1 is 1.45 bits per heavy atom. The van der Waals surface area contributed by atoms with Gasteiger partial charge in [0.25, 0.3) is 0 Å². The topological polar surface area (TPSA) is 78.5 Å². The van der Waals surface area contributed by atoms with Crippen LogP contribution in [-0.2, 0) is 0 Å². The van der Waals surface area contributed by atoms with Crippen LogP contribution in [0.5, 0.6) is 0 Å². The number of hydrogen-bond acceptors (Lipinski definition) is 7. The average molecular weight is 325 g/mol. The zero-order valence-electron chi connectivity index (χ0n) is 13.7. The minimum absolute atomic E-state index is 0.493. The Morgan fingerprint density at radius 3 is 2.91 bits per heavy atom. The summed E-state index contributed by atoms with van der Waals surface area (Å²) in [5.74, 6) is 2.32. The van der Waals surface area contributed by atoms with E-state index in [4.69, 9.17) is 5.73 Å². The molecule has 2 heterocycles. The van der Waals surface area contributed by atoms with Crippen molar-refractivity contribution in [2.24, 2.45) is 0 Å². The van der Waals surface area contributed by atoms with E-state index in [0.29, 0.717) is 18.9 Å². The van der Waals surface area contributed by atoms with Gasteiger partial charge in [0, 0.05) is 31.5 Å². The Labute approximate surface area is 137 Å². The van der Waals surface area contributed by atoms with Crippen molar-refractivity contribution in [3.63, 3.8) is 0 Å². The number of nitrogens with two attached hydrogens (primary N) is 1. The number of aromatic nitrogens is 2. The van der Waals surface area contributed by atoms with Gasteiger partial charge in [-0.25, -0.2) is 9.97 Å². The van der Waals surface area contributed by atoms with Gasteiger partial charge in [0.15, 0.2) is 5.16 Å². The van der Waals surface area contributed by atoms with Crippen LogP contribution >= 0.6 is 11.8 Å². The lowest BCUT2D eigenvalue weighted by Crippen LogP contribution is -2.42. The third-order valence-corrected chi connectivity index (χ3v) is 4.64. The molecule has 0 spiro atoms. The summed E-state index contributed by atoms with van der Waals surface area (Å²) in [6.45, 7) is 4.20. The lowest BCUT2D eigenvalue weighted by Gasteiger charge is -2.27. The van der Waals surface area contributed by atoms with Gasteiger partial charge in [0.05, 0.1) is 5.60 Å². The number of nitrogens with zero attached hydrogens (tertiary/aromatic N) is 4. The zero-order chi connectivity index (χ0) is 16.2. The van der Waals surface area contributed by atoms with E-state index in [0.717, 1.165) is 42.5 Å². The first-order chi connectivity index (χ1) is 10.4. The minimum Gasteiger partial charge on any atom is -0.387 e. The molecule has 0 unspecified atom stereocenters. The van der Waals surface area contributed by atoms with E-state index in [1.807, 2.05) is 19.0 Å². The molecule has 1 fully saturated rings. The highest BCUT2D eigenvalue weighted by Gasteiger charge is 2.37. The number of nitrogen functional groups attached to an aromatic ring is 1. The number of anilines is 2. The molecule has 7 heteroatoms. The van der Waals surface area contributed by atoms with Crippen molar-refractivity contribution in [1.82, 2.24) is 14.9 Å². The van der Waals surface area contributed by atoms with Crippen molar-refractivity contribution in [3.05, 3.63) is 6.07 Å². The van der Waals surface area contributed by atoms with Crippen LogP contribution < -0.4 is 10.6 Å². The van der Waals surface area contributed by atoms with Gasteiger partial charge in [-0.3, -0.25) is 0 Å². The lowest BCUT2D eigenvalue weighted by atomic mass is 10.0. The quantitative estimate of drug-likeness (QED) is 0.446. The molecule has 0 radical (unpaired) electrons. The van der Waals surface area contributed by atoms with Crippen LogP contribution in [0, 0.1) is 0 Å². The number of likely N-dealkylation sites (N-methyl/N-ethyl adjacent to an activating group) is 1. The van der Waals surface area contributed by atoms with E-state index >= 15 is 0 Å². The van der Waals surface area contributed by atoms with E-state index in [1.54, 1.807) is 17.8 Å². The summed E-state index contributed by atoms with van der Waals surface area (Å²) in [4.78, 5) is 13.0. The number of aliphatic hydroxyl groups is 1. The summed E-state index contributed by atoms with van der Waals surface area (Å²) >= 11 is 1.64. The van der Waals surface area contributed by atoms with E-state index in [9.17, 15) is 5.11 Å². The molecule has 1 aliphatic rings. The molecule has 0 saturated carbocycles. The molecule has 0 aliphatic carbocycles. The van der Waals surface area contributed by atoms with Gasteiger partial charge in [0.2, 0.25) is 0 Å². The molecule has 1 atom stereocenters. The Bertz CT molecular complexity index is 499. The third kappa shape index (κ3) is 4.72. The Morgan fingerprint density at radius 2 is 2.23 bits per heavy atom. The molecule has 1 saturated heterocycles. The number of hydrogen-bond donors (Lipinski definition) is 2. The molecule has 0 amide bonds. The lowest BCUT2D eigenvalue weighted by molar-refractivity contribution is 0.0365. The summed E-state index contributed by atoms with van der Waals surface area (Å²) in [5.41, 5.74) is 5.24. The Balaban J connectivity index is 2.06. The van der Waals surface area contributed by atoms with E-state index in [2.05, 4.69) is 21.8 Å². The van der Waals surface area contributed by atoms with E-state index in [1.165, 1.54) is 0 Å². The van der Waals surface area contributed by atoms with Crippen LogP contribution in [-0.4, -0.2) is 65.1 Å². The molecule has 22 heavy (non-hydrogen) atoms. The maximum absolute atomic E-state index is 10.6. The van der Waals surface area contributed by atoms with Gasteiger partial charge in [-0.15, -0.1) is 0 Å². The minimum atomic E-state index is -0.682. The fourth-order valence-electron chi connectivity index (χ4n) is 2.73. The molecular weight excluding hydrogens is 298 g/mol. The molecule has 6 nitrogen and oxygen atoms in total. The van der Waals surface area contributed by atoms with Crippen molar-refractivity contribution in [1.29, 1.82) is 0 Å². The van der Waals surface area contributed by atoms with Gasteiger partial charge in [-0.1, -0.05) is 25.1 Å². The van der Waals surface area contributed by atoms with Crippen LogP contribution in [0.15, 0.2) is 11.2 Å². The molecule has 3 N–H and O–H groups in total. The molecule has 124 valence electrons. The van der Waals surface area contributed by atoms with Gasteiger partial charge in [0.1, 0.15) is 11.6 Å². The summed E-state index contributed by atoms with van der Waals surface area (Å²) in [6, 6.07) is 1.80. The fourth-order valence-corrected chi connectivity index (χ4v) is 3.68. The van der Waals surface area contributed by atoms with Crippen molar-refractivity contribution < 1.29 is 5.11 Å².